The summed E-state index contributed by atoms with van der Waals surface area (Å²) in [6, 6.07) is 8.28. The molecule has 1 unspecified atom stereocenters. The topological polar surface area (TPSA) is 46.1 Å². The molecule has 26 heavy (non-hydrogen) atoms. The Bertz CT molecular complexity index is 572. The van der Waals surface area contributed by atoms with Crippen molar-refractivity contribution in [2.75, 3.05) is 33.4 Å². The Morgan fingerprint density at radius 3 is 2.77 bits per heavy atom. The maximum Gasteiger partial charge on any atom is 0.193 e. The summed E-state index contributed by atoms with van der Waals surface area (Å²) in [5.41, 5.74) is 1.16. The van der Waals surface area contributed by atoms with Gasteiger partial charge in [-0.3, -0.25) is 0 Å². The molecule has 0 radical (unpaired) electrons. The third-order valence-corrected chi connectivity index (χ3v) is 4.97. The number of hydrogen-bond donors (Lipinski definition) is 1. The predicted octanol–water partition coefficient (Wildman–Crippen LogP) is 3.67. The van der Waals surface area contributed by atoms with Crippen molar-refractivity contribution in [3.8, 4) is 5.75 Å². The molecule has 1 aromatic rings. The molecule has 1 atom stereocenters. The molecule has 1 saturated heterocycles. The van der Waals surface area contributed by atoms with E-state index < -0.39 is 0 Å². The van der Waals surface area contributed by atoms with Crippen LogP contribution in [0, 0.1) is 5.92 Å². The highest BCUT2D eigenvalue weighted by Gasteiger charge is 2.21. The number of nitrogens with zero attached hydrogens (tertiary/aromatic N) is 2. The second-order valence-electron chi connectivity index (χ2n) is 7.06. The first kappa shape index (κ1) is 21.3. The molecule has 1 N–H and O–H groups in total. The van der Waals surface area contributed by atoms with Crippen molar-refractivity contribution >= 4 is 29.9 Å². The molecule has 0 bridgehead atoms. The summed E-state index contributed by atoms with van der Waals surface area (Å²) < 4.78 is 11.6. The zero-order valence-electron chi connectivity index (χ0n) is 15.9. The summed E-state index contributed by atoms with van der Waals surface area (Å²) in [6.07, 6.45) is 5.16. The fourth-order valence-electron chi connectivity index (χ4n) is 3.25. The van der Waals surface area contributed by atoms with Gasteiger partial charge in [0, 0.05) is 38.2 Å². The van der Waals surface area contributed by atoms with E-state index in [1.54, 1.807) is 0 Å². The van der Waals surface area contributed by atoms with E-state index in [4.69, 9.17) is 14.5 Å². The van der Waals surface area contributed by atoms with E-state index in [1.165, 1.54) is 19.3 Å². The van der Waals surface area contributed by atoms with Gasteiger partial charge in [0.15, 0.2) is 5.96 Å². The second kappa shape index (κ2) is 11.0. The van der Waals surface area contributed by atoms with Gasteiger partial charge >= 0.3 is 0 Å². The van der Waals surface area contributed by atoms with Gasteiger partial charge in [-0.25, -0.2) is 4.99 Å². The number of aliphatic imine (C=N–C) groups is 1. The van der Waals surface area contributed by atoms with Gasteiger partial charge in [0.05, 0.1) is 19.3 Å². The minimum atomic E-state index is 0. The van der Waals surface area contributed by atoms with Crippen molar-refractivity contribution in [3.05, 3.63) is 29.8 Å². The zero-order chi connectivity index (χ0) is 17.5. The lowest BCUT2D eigenvalue weighted by molar-refractivity contribution is 0.119. The molecule has 6 heteroatoms. The number of rotatable bonds is 7. The van der Waals surface area contributed by atoms with Crippen LogP contribution in [0.25, 0.3) is 0 Å². The number of hydrogen-bond acceptors (Lipinski definition) is 3. The van der Waals surface area contributed by atoms with Gasteiger partial charge in [-0.15, -0.1) is 24.0 Å². The first-order valence-corrected chi connectivity index (χ1v) is 9.58. The van der Waals surface area contributed by atoms with Crippen molar-refractivity contribution in [2.45, 2.75) is 45.3 Å². The van der Waals surface area contributed by atoms with Crippen LogP contribution in [0.5, 0.6) is 5.75 Å². The third-order valence-electron chi connectivity index (χ3n) is 4.97. The Hall–Kier alpha value is -1.02. The van der Waals surface area contributed by atoms with Gasteiger partial charge in [-0.2, -0.15) is 0 Å². The summed E-state index contributed by atoms with van der Waals surface area (Å²) in [7, 11) is 2.11. The lowest BCUT2D eigenvalue weighted by atomic mass is 9.96. The van der Waals surface area contributed by atoms with Crippen molar-refractivity contribution in [1.82, 2.24) is 10.2 Å². The van der Waals surface area contributed by atoms with Crippen LogP contribution in [-0.2, 0) is 11.3 Å². The van der Waals surface area contributed by atoms with E-state index in [9.17, 15) is 0 Å². The highest BCUT2D eigenvalue weighted by atomic mass is 127. The van der Waals surface area contributed by atoms with Crippen LogP contribution in [-0.4, -0.2) is 50.3 Å². The first-order valence-electron chi connectivity index (χ1n) is 9.58. The fraction of sp³-hybridized carbons (Fsp3) is 0.650. The Morgan fingerprint density at radius 2 is 2.12 bits per heavy atom. The van der Waals surface area contributed by atoms with Gasteiger partial charge in [-0.05, 0) is 38.7 Å². The molecule has 0 aromatic heterocycles. The van der Waals surface area contributed by atoms with Gasteiger partial charge in [0.2, 0.25) is 0 Å². The van der Waals surface area contributed by atoms with Crippen LogP contribution in [0.4, 0.5) is 0 Å². The minimum Gasteiger partial charge on any atom is -0.490 e. The summed E-state index contributed by atoms with van der Waals surface area (Å²) >= 11 is 0. The van der Waals surface area contributed by atoms with E-state index in [-0.39, 0.29) is 24.0 Å². The summed E-state index contributed by atoms with van der Waals surface area (Å²) in [5, 5.41) is 3.40. The van der Waals surface area contributed by atoms with Crippen molar-refractivity contribution in [1.29, 1.82) is 0 Å². The number of halogens is 1. The van der Waals surface area contributed by atoms with Crippen LogP contribution in [0.3, 0.4) is 0 Å². The monoisotopic (exact) mass is 473 g/mol. The maximum atomic E-state index is 6.12. The molecular formula is C20H32IN3O2. The van der Waals surface area contributed by atoms with Crippen LogP contribution in [0.15, 0.2) is 29.3 Å². The van der Waals surface area contributed by atoms with Crippen LogP contribution in [0.1, 0.15) is 38.2 Å². The highest BCUT2D eigenvalue weighted by Crippen LogP contribution is 2.28. The van der Waals surface area contributed by atoms with E-state index in [0.29, 0.717) is 18.6 Å². The molecule has 146 valence electrons. The Labute approximate surface area is 174 Å². The SMILES string of the molecule is CCNC(=NCc1ccccc1OC1CCC1)N(C)CC1CCOC1.I. The number of guanidine groups is 1. The summed E-state index contributed by atoms with van der Waals surface area (Å²) in [4.78, 5) is 7.07. The van der Waals surface area contributed by atoms with Crippen molar-refractivity contribution < 1.29 is 9.47 Å². The van der Waals surface area contributed by atoms with E-state index in [2.05, 4.69) is 42.4 Å². The summed E-state index contributed by atoms with van der Waals surface area (Å²) in [5.74, 6) is 2.54. The number of ether oxygens (including phenoxy) is 2. The van der Waals surface area contributed by atoms with E-state index in [1.807, 2.05) is 6.07 Å². The zero-order valence-corrected chi connectivity index (χ0v) is 18.3. The minimum absolute atomic E-state index is 0. The third kappa shape index (κ3) is 6.01. The quantitative estimate of drug-likeness (QED) is 0.373. The van der Waals surface area contributed by atoms with Gasteiger partial charge < -0.3 is 19.7 Å². The second-order valence-corrected chi connectivity index (χ2v) is 7.06. The molecule has 3 rings (SSSR count). The number of para-hydroxylation sites is 1. The molecular weight excluding hydrogens is 441 g/mol. The Morgan fingerprint density at radius 1 is 1.31 bits per heavy atom. The molecule has 1 saturated carbocycles. The lowest BCUT2D eigenvalue weighted by Gasteiger charge is -2.27. The van der Waals surface area contributed by atoms with Crippen molar-refractivity contribution in [3.63, 3.8) is 0 Å². The molecule has 1 aromatic carbocycles. The largest absolute Gasteiger partial charge is 0.490 e. The molecule has 1 heterocycles. The van der Waals surface area contributed by atoms with E-state index in [0.717, 1.165) is 50.0 Å². The molecule has 5 nitrogen and oxygen atoms in total. The fourth-order valence-corrected chi connectivity index (χ4v) is 3.25. The average molecular weight is 473 g/mol. The Kier molecular flexibility index (Phi) is 8.98. The molecule has 1 aliphatic carbocycles. The van der Waals surface area contributed by atoms with Crippen LogP contribution < -0.4 is 10.1 Å². The van der Waals surface area contributed by atoms with Crippen LogP contribution >= 0.6 is 24.0 Å². The predicted molar refractivity (Wildman–Crippen MR) is 116 cm³/mol. The average Bonchev–Trinajstić information content (AvgIpc) is 3.08. The summed E-state index contributed by atoms with van der Waals surface area (Å²) in [6.45, 7) is 6.34. The molecule has 2 aliphatic rings. The van der Waals surface area contributed by atoms with Gasteiger partial charge in [0.25, 0.3) is 0 Å². The molecule has 0 spiro atoms. The van der Waals surface area contributed by atoms with Gasteiger partial charge in [0.1, 0.15) is 5.75 Å². The van der Waals surface area contributed by atoms with E-state index >= 15 is 0 Å². The standard InChI is InChI=1S/C20H31N3O2.HI/c1-3-21-20(23(2)14-16-11-12-24-15-16)22-13-17-7-4-5-10-19(17)25-18-8-6-9-18;/h4-5,7,10,16,18H,3,6,8-9,11-15H2,1-2H3,(H,21,22);1H. The van der Waals surface area contributed by atoms with Gasteiger partial charge in [-0.1, -0.05) is 18.2 Å². The molecule has 2 fully saturated rings. The Balaban J connectivity index is 0.00000243. The van der Waals surface area contributed by atoms with Crippen molar-refractivity contribution in [2.24, 2.45) is 10.9 Å². The van der Waals surface area contributed by atoms with Crippen LogP contribution in [0.2, 0.25) is 0 Å². The smallest absolute Gasteiger partial charge is 0.193 e. The first-order chi connectivity index (χ1) is 12.3. The molecule has 1 aliphatic heterocycles. The lowest BCUT2D eigenvalue weighted by Crippen LogP contribution is -2.41. The molecule has 0 amide bonds. The number of nitrogens with one attached hydrogen (secondary N) is 1. The number of benzene rings is 1. The normalized spacial score (nSPS) is 20.2. The maximum absolute atomic E-state index is 6.12. The highest BCUT2D eigenvalue weighted by molar-refractivity contribution is 14.0.